The van der Waals surface area contributed by atoms with E-state index in [2.05, 4.69) is 241 Å². The molecule has 0 saturated carbocycles. The number of likely N-dealkylation sites (tertiary alicyclic amines) is 1. The molecule has 2 saturated heterocycles. The predicted octanol–water partition coefficient (Wildman–Crippen LogP) is 15.6. The van der Waals surface area contributed by atoms with Crippen LogP contribution < -0.4 is 5.32 Å². The van der Waals surface area contributed by atoms with Gasteiger partial charge < -0.3 is 24.5 Å². The van der Waals surface area contributed by atoms with E-state index in [-0.39, 0.29) is 0 Å². The van der Waals surface area contributed by atoms with E-state index in [1.807, 2.05) is 49.5 Å². The topological polar surface area (TPSA) is 246 Å². The van der Waals surface area contributed by atoms with E-state index < -0.39 is 0 Å². The van der Waals surface area contributed by atoms with Crippen LogP contribution in [0.25, 0.3) is 0 Å². The van der Waals surface area contributed by atoms with Gasteiger partial charge in [0, 0.05) is 127 Å². The summed E-state index contributed by atoms with van der Waals surface area (Å²) in [7, 11) is 0. The van der Waals surface area contributed by atoms with Crippen LogP contribution in [-0.4, -0.2) is 160 Å². The third-order valence-electron chi connectivity index (χ3n) is 12.1. The van der Waals surface area contributed by atoms with Gasteiger partial charge in [-0.25, -0.2) is 24.9 Å². The minimum absolute atomic E-state index is 0.369. The molecule has 0 unspecified atom stereocenters. The highest BCUT2D eigenvalue weighted by Gasteiger charge is 2.14. The average molecular weight is 1320 g/mol. The molecule has 0 aliphatic carbocycles. The van der Waals surface area contributed by atoms with Gasteiger partial charge in [0.1, 0.15) is 36.1 Å². The first-order valence-corrected chi connectivity index (χ1v) is 35.0. The van der Waals surface area contributed by atoms with Gasteiger partial charge in [0.25, 0.3) is 0 Å². The van der Waals surface area contributed by atoms with Crippen molar-refractivity contribution in [2.75, 3.05) is 52.4 Å². The summed E-state index contributed by atoms with van der Waals surface area (Å²) in [6.07, 6.45) is 23.2. The lowest BCUT2D eigenvalue weighted by Crippen LogP contribution is -2.46. The normalized spacial score (nSPS) is 13.2. The summed E-state index contributed by atoms with van der Waals surface area (Å²) in [5.74, 6) is 5.69. The molecule has 2 fully saturated rings. The van der Waals surface area contributed by atoms with E-state index in [1.165, 1.54) is 67.3 Å². The van der Waals surface area contributed by atoms with Crippen molar-refractivity contribution >= 4 is 39.9 Å². The Bertz CT molecular complexity index is 2280. The fourth-order valence-electron chi connectivity index (χ4n) is 6.87. The molecule has 22 nitrogen and oxygen atoms in total. The summed E-state index contributed by atoms with van der Waals surface area (Å²) in [5.41, 5.74) is 4.83. The number of hydrogen-bond donors (Lipinski definition) is 2. The molecule has 11 rings (SSSR count). The smallest absolute Gasteiger partial charge is 0.213 e. The Morgan fingerprint density at radius 2 is 1.16 bits per heavy atom. The van der Waals surface area contributed by atoms with Crippen LogP contribution in [0.4, 0.5) is 0 Å². The lowest BCUT2D eigenvalue weighted by atomic mass is 10.2. The second kappa shape index (κ2) is 53.4. The molecule has 25 heteroatoms. The SMILES string of the molecule is CC(C)C.CC(C)C1=NCCO1.CC(C)N1CCCC1.CC(C)N1CCNCC1.CC(C)c1cnc[nH]1.CC(C)c1cncs1.CC(C)c1nccs1.CC(C)c1ncon1.CC(C)c1nncs1.CC(C)n1ccnn1.CC(C)n1cncn1.c1cncnc1. The Balaban J connectivity index is 0.000000974. The third-order valence-corrected chi connectivity index (χ3v) is 15.3. The van der Waals surface area contributed by atoms with Crippen molar-refractivity contribution in [3.05, 3.63) is 124 Å². The Morgan fingerprint density at radius 1 is 0.538 bits per heavy atom. The second-order valence-corrected chi connectivity index (χ2v) is 27.4. The number of hydrogen-bond acceptors (Lipinski definition) is 22. The minimum atomic E-state index is 0.369. The number of aliphatic imine (C=N–C) groups is 1. The summed E-state index contributed by atoms with van der Waals surface area (Å²) in [5, 5.41) is 30.3. The maximum absolute atomic E-state index is 5.16. The van der Waals surface area contributed by atoms with Gasteiger partial charge in [-0.1, -0.05) is 114 Å². The van der Waals surface area contributed by atoms with Gasteiger partial charge in [-0.15, -0.1) is 49.3 Å². The van der Waals surface area contributed by atoms with Gasteiger partial charge in [0.2, 0.25) is 6.39 Å². The molecule has 0 spiro atoms. The monoisotopic (exact) mass is 1320 g/mol. The molecule has 3 aliphatic heterocycles. The first-order chi connectivity index (χ1) is 43.3. The lowest BCUT2D eigenvalue weighted by Gasteiger charge is -2.30. The number of ether oxygens (including phenoxy) is 1. The van der Waals surface area contributed by atoms with Crippen molar-refractivity contribution < 1.29 is 9.26 Å². The minimum Gasteiger partial charge on any atom is -0.479 e. The first-order valence-electron chi connectivity index (χ1n) is 32.3. The molecular weight excluding hydrogens is 1200 g/mol. The fraction of sp³-hybridized carbons (Fsp3) is 0.667. The van der Waals surface area contributed by atoms with Gasteiger partial charge in [-0.2, -0.15) is 10.1 Å². The van der Waals surface area contributed by atoms with E-state index in [0.717, 1.165) is 61.0 Å². The summed E-state index contributed by atoms with van der Waals surface area (Å²) >= 11 is 5.05. The standard InChI is InChI=1S/C7H16N2.C7H15N.C6H10N2.C6H11NO.2C6H9NS.2C5H9N3.C5H8N2O.C5H8N2S.C4H4N2.C4H10/c1-7(2)9-5-3-8-4-6-9;1-7(2)8-5-3-4-6-8;1-5(2)6-3-7-4-8-6;1-5(2)6-7-3-4-8-6;1-5(2)6-3-7-4-8-6;1-5(2)6-7-3-4-8-6;1-5(2)8-4-6-3-7-8;1-5(2)8-4-3-6-7-8;1-4(2)5-6-3-8-7-5;1-4(2)5-7-6-3-8-5;1-2-5-4-6-3-1;1-4(2)3/h7-8H,3-6H2,1-2H3;7H,3-6H2,1-2H3;3-5H,1-2H3,(H,7,8);5H,3-4H2,1-2H3;4*3-5H,1-2H3;2*3-4H,1-2H3;1-4H;4H,1-3H3. The zero-order chi connectivity index (χ0) is 68.4. The van der Waals surface area contributed by atoms with Crippen LogP contribution in [0.15, 0.2) is 107 Å². The largest absolute Gasteiger partial charge is 0.479 e. The maximum Gasteiger partial charge on any atom is 0.213 e. The van der Waals surface area contributed by atoms with Crippen molar-refractivity contribution in [2.24, 2.45) is 16.8 Å². The van der Waals surface area contributed by atoms with E-state index in [9.17, 15) is 0 Å². The molecule has 8 aromatic rings. The average Bonchev–Trinajstić information content (AvgIpc) is 4.47. The number of piperazine rings is 1. The number of H-pyrrole nitrogens is 1. The predicted molar refractivity (Wildman–Crippen MR) is 379 cm³/mol. The van der Waals surface area contributed by atoms with Gasteiger partial charge in [-0.3, -0.25) is 24.2 Å². The third kappa shape index (κ3) is 45.7. The first kappa shape index (κ1) is 84.9. The molecule has 2 N–H and O–H groups in total. The van der Waals surface area contributed by atoms with Crippen molar-refractivity contribution in [2.45, 2.75) is 226 Å². The fourth-order valence-corrected chi connectivity index (χ4v) is 8.73. The second-order valence-electron chi connectivity index (χ2n) is 24.6. The quantitative estimate of drug-likeness (QED) is 0.129. The number of imidazole rings is 1. The van der Waals surface area contributed by atoms with Gasteiger partial charge in [-0.05, 0) is 105 Å². The van der Waals surface area contributed by atoms with Crippen LogP contribution >= 0.6 is 34.0 Å². The van der Waals surface area contributed by atoms with Crippen molar-refractivity contribution in [3.8, 4) is 0 Å². The summed E-state index contributed by atoms with van der Waals surface area (Å²) < 4.78 is 13.3. The summed E-state index contributed by atoms with van der Waals surface area (Å²) in [4.78, 5) is 40.5. The number of nitrogens with one attached hydrogen (secondary N) is 2. The molecule has 0 amide bonds. The molecule has 91 heavy (non-hydrogen) atoms. The summed E-state index contributed by atoms with van der Waals surface area (Å²) in [6, 6.07) is 4.14. The van der Waals surface area contributed by atoms with Crippen molar-refractivity contribution in [1.29, 1.82) is 0 Å². The molecule has 0 radical (unpaired) electrons. The van der Waals surface area contributed by atoms with Gasteiger partial charge in [0.15, 0.2) is 11.7 Å². The molecule has 3 aliphatic rings. The number of thiazole rings is 2. The number of aromatic nitrogens is 16. The Kier molecular flexibility index (Phi) is 49.8. The van der Waals surface area contributed by atoms with E-state index in [0.29, 0.717) is 47.6 Å². The van der Waals surface area contributed by atoms with Crippen LogP contribution in [0, 0.1) is 11.8 Å². The zero-order valence-corrected chi connectivity index (χ0v) is 62.2. The van der Waals surface area contributed by atoms with Crippen molar-refractivity contribution in [3.63, 3.8) is 0 Å². The van der Waals surface area contributed by atoms with Crippen LogP contribution in [0.2, 0.25) is 0 Å². The van der Waals surface area contributed by atoms with Crippen LogP contribution in [-0.2, 0) is 4.74 Å². The number of nitrogens with zero attached hydrogens (tertiary/aromatic N) is 18. The molecule has 0 bridgehead atoms. The number of aromatic amines is 1. The van der Waals surface area contributed by atoms with Crippen LogP contribution in [0.3, 0.4) is 0 Å². The van der Waals surface area contributed by atoms with Crippen LogP contribution in [0.5, 0.6) is 0 Å². The highest BCUT2D eigenvalue weighted by molar-refractivity contribution is 7.10. The molecule has 8 aromatic heterocycles. The Morgan fingerprint density at radius 3 is 1.41 bits per heavy atom. The molecular formula is C66H118N20O2S3. The molecule has 512 valence electrons. The highest BCUT2D eigenvalue weighted by atomic mass is 32.1. The Labute approximate surface area is 560 Å². The summed E-state index contributed by atoms with van der Waals surface area (Å²) in [6.45, 7) is 58.2. The van der Waals surface area contributed by atoms with Crippen molar-refractivity contribution in [1.82, 2.24) is 95.1 Å². The maximum atomic E-state index is 5.16. The van der Waals surface area contributed by atoms with Crippen LogP contribution in [0.1, 0.15) is 240 Å². The molecule has 0 aromatic carbocycles. The van der Waals surface area contributed by atoms with E-state index in [1.54, 1.807) is 92.5 Å². The highest BCUT2D eigenvalue weighted by Crippen LogP contribution is 2.18. The Hall–Kier alpha value is -6.12. The zero-order valence-electron chi connectivity index (χ0n) is 59.8. The number of rotatable bonds is 10. The molecule has 11 heterocycles. The van der Waals surface area contributed by atoms with Gasteiger partial charge >= 0.3 is 0 Å². The van der Waals surface area contributed by atoms with E-state index in [4.69, 9.17) is 4.74 Å². The van der Waals surface area contributed by atoms with E-state index >= 15 is 0 Å². The lowest BCUT2D eigenvalue weighted by molar-refractivity contribution is 0.196. The van der Waals surface area contributed by atoms with Gasteiger partial charge in [0.05, 0.1) is 29.6 Å². The molecule has 0 atom stereocenters.